The maximum absolute atomic E-state index is 12.6. The van der Waals surface area contributed by atoms with Crippen LogP contribution in [0, 0.1) is 0 Å². The first-order valence-electron chi connectivity index (χ1n) is 9.54. The zero-order chi connectivity index (χ0) is 21.1. The second-order valence-corrected chi connectivity index (χ2v) is 8.92. The van der Waals surface area contributed by atoms with Gasteiger partial charge in [0.25, 0.3) is 5.91 Å². The van der Waals surface area contributed by atoms with Crippen LogP contribution in [0.3, 0.4) is 0 Å². The number of amides is 1. The van der Waals surface area contributed by atoms with Crippen LogP contribution in [0.5, 0.6) is 11.5 Å². The molecule has 7 nitrogen and oxygen atoms in total. The summed E-state index contributed by atoms with van der Waals surface area (Å²) in [7, 11) is -3.54. The van der Waals surface area contributed by atoms with Crippen LogP contribution in [0.1, 0.15) is 0 Å². The molecule has 1 heterocycles. The second-order valence-electron chi connectivity index (χ2n) is 7.02. The molecule has 1 atom stereocenters. The summed E-state index contributed by atoms with van der Waals surface area (Å²) in [5.74, 6) is 0.691. The van der Waals surface area contributed by atoms with Gasteiger partial charge in [-0.2, -0.15) is 0 Å². The van der Waals surface area contributed by atoms with Crippen molar-refractivity contribution in [1.82, 2.24) is 5.32 Å². The third-order valence-electron chi connectivity index (χ3n) is 4.82. The summed E-state index contributed by atoms with van der Waals surface area (Å²) in [5.41, 5.74) is 0.434. The summed E-state index contributed by atoms with van der Waals surface area (Å²) in [4.78, 5) is 12.6. The topological polar surface area (TPSA) is 84.9 Å². The molecule has 8 heteroatoms. The molecule has 4 rings (SSSR count). The number of ether oxygens (including phenoxy) is 2. The Morgan fingerprint density at radius 1 is 1.10 bits per heavy atom. The van der Waals surface area contributed by atoms with Crippen LogP contribution in [0.2, 0.25) is 0 Å². The van der Waals surface area contributed by atoms with Crippen molar-refractivity contribution >= 4 is 32.4 Å². The molecule has 3 aromatic rings. The van der Waals surface area contributed by atoms with Crippen LogP contribution in [0.15, 0.2) is 66.7 Å². The first kappa shape index (κ1) is 20.0. The standard InChI is InChI=1S/C22H22N2O5S/c1-30(26,27)24-15-21(29-20-9-5-4-8-19(20)24)22(25)23-12-13-28-18-11-10-16-6-2-3-7-17(16)14-18/h2-11,14,21H,12-13,15H2,1H3,(H,23,25)/t21-/m1/s1. The molecule has 0 saturated heterocycles. The van der Waals surface area contributed by atoms with E-state index in [1.54, 1.807) is 24.3 Å². The van der Waals surface area contributed by atoms with Crippen molar-refractivity contribution < 1.29 is 22.7 Å². The largest absolute Gasteiger partial charge is 0.492 e. The molecule has 1 N–H and O–H groups in total. The molecule has 156 valence electrons. The van der Waals surface area contributed by atoms with Gasteiger partial charge < -0.3 is 14.8 Å². The predicted molar refractivity (Wildman–Crippen MR) is 116 cm³/mol. The number of para-hydroxylation sites is 2. The lowest BCUT2D eigenvalue weighted by atomic mass is 10.1. The third-order valence-corrected chi connectivity index (χ3v) is 5.96. The number of anilines is 1. The lowest BCUT2D eigenvalue weighted by Gasteiger charge is -2.33. The predicted octanol–water partition coefficient (Wildman–Crippen LogP) is 2.56. The van der Waals surface area contributed by atoms with Crippen LogP contribution >= 0.6 is 0 Å². The number of hydrogen-bond acceptors (Lipinski definition) is 5. The van der Waals surface area contributed by atoms with E-state index in [9.17, 15) is 13.2 Å². The lowest BCUT2D eigenvalue weighted by Crippen LogP contribution is -2.51. The van der Waals surface area contributed by atoms with Crippen molar-refractivity contribution in [3.05, 3.63) is 66.7 Å². The smallest absolute Gasteiger partial charge is 0.263 e. The van der Waals surface area contributed by atoms with E-state index in [-0.39, 0.29) is 25.6 Å². The summed E-state index contributed by atoms with van der Waals surface area (Å²) in [6.45, 7) is 0.475. The first-order valence-corrected chi connectivity index (χ1v) is 11.4. The maximum atomic E-state index is 12.6. The molecule has 3 aromatic carbocycles. The number of benzene rings is 3. The van der Waals surface area contributed by atoms with Gasteiger partial charge in [0.2, 0.25) is 10.0 Å². The molecule has 0 aromatic heterocycles. The van der Waals surface area contributed by atoms with Crippen LogP contribution < -0.4 is 19.1 Å². The number of hydrogen-bond donors (Lipinski definition) is 1. The Labute approximate surface area is 175 Å². The van der Waals surface area contributed by atoms with E-state index in [2.05, 4.69) is 5.32 Å². The zero-order valence-corrected chi connectivity index (χ0v) is 17.3. The van der Waals surface area contributed by atoms with Crippen molar-refractivity contribution in [2.45, 2.75) is 6.10 Å². The molecule has 0 unspecified atom stereocenters. The van der Waals surface area contributed by atoms with Gasteiger partial charge in [-0.1, -0.05) is 42.5 Å². The zero-order valence-electron chi connectivity index (χ0n) is 16.4. The molecular weight excluding hydrogens is 404 g/mol. The van der Waals surface area contributed by atoms with E-state index in [0.717, 1.165) is 17.0 Å². The molecule has 0 fully saturated rings. The number of sulfonamides is 1. The van der Waals surface area contributed by atoms with Gasteiger partial charge >= 0.3 is 0 Å². The number of carbonyl (C=O) groups excluding carboxylic acids is 1. The van der Waals surface area contributed by atoms with Crippen molar-refractivity contribution in [3.63, 3.8) is 0 Å². The Morgan fingerprint density at radius 2 is 1.83 bits per heavy atom. The van der Waals surface area contributed by atoms with E-state index in [4.69, 9.17) is 9.47 Å². The van der Waals surface area contributed by atoms with E-state index in [1.165, 1.54) is 4.31 Å². The third kappa shape index (κ3) is 4.33. The molecule has 0 spiro atoms. The van der Waals surface area contributed by atoms with E-state index in [1.807, 2.05) is 42.5 Å². The quantitative estimate of drug-likeness (QED) is 0.613. The van der Waals surface area contributed by atoms with Gasteiger partial charge in [-0.3, -0.25) is 9.10 Å². The highest BCUT2D eigenvalue weighted by molar-refractivity contribution is 7.92. The van der Waals surface area contributed by atoms with Gasteiger partial charge in [-0.15, -0.1) is 0 Å². The highest BCUT2D eigenvalue weighted by Gasteiger charge is 2.34. The minimum atomic E-state index is -3.54. The molecule has 0 aliphatic carbocycles. The highest BCUT2D eigenvalue weighted by atomic mass is 32.2. The average Bonchev–Trinajstić information content (AvgIpc) is 2.75. The monoisotopic (exact) mass is 426 g/mol. The highest BCUT2D eigenvalue weighted by Crippen LogP contribution is 2.34. The Morgan fingerprint density at radius 3 is 2.63 bits per heavy atom. The summed E-state index contributed by atoms with van der Waals surface area (Å²) >= 11 is 0. The minimum Gasteiger partial charge on any atom is -0.492 e. The van der Waals surface area contributed by atoms with Gasteiger partial charge in [0.15, 0.2) is 6.10 Å². The normalized spacial score (nSPS) is 15.9. The van der Waals surface area contributed by atoms with Crippen LogP contribution in [-0.2, 0) is 14.8 Å². The van der Waals surface area contributed by atoms with Crippen LogP contribution in [-0.4, -0.2) is 46.4 Å². The van der Waals surface area contributed by atoms with Crippen LogP contribution in [0.25, 0.3) is 10.8 Å². The number of rotatable bonds is 6. The summed E-state index contributed by atoms with van der Waals surface area (Å²) in [6, 6.07) is 20.6. The molecule has 0 saturated carbocycles. The first-order chi connectivity index (χ1) is 14.4. The van der Waals surface area contributed by atoms with Crippen molar-refractivity contribution in [2.75, 3.05) is 30.3 Å². The fourth-order valence-corrected chi connectivity index (χ4v) is 4.28. The van der Waals surface area contributed by atoms with Gasteiger partial charge in [0.05, 0.1) is 25.0 Å². The summed E-state index contributed by atoms with van der Waals surface area (Å²) in [5, 5.41) is 4.96. The van der Waals surface area contributed by atoms with E-state index < -0.39 is 16.1 Å². The molecular formula is C22H22N2O5S. The number of carbonyl (C=O) groups is 1. The molecule has 1 amide bonds. The van der Waals surface area contributed by atoms with E-state index in [0.29, 0.717) is 17.2 Å². The van der Waals surface area contributed by atoms with Gasteiger partial charge in [-0.05, 0) is 35.0 Å². The lowest BCUT2D eigenvalue weighted by molar-refractivity contribution is -0.127. The fourth-order valence-electron chi connectivity index (χ4n) is 3.37. The molecule has 1 aliphatic rings. The average molecular weight is 426 g/mol. The summed E-state index contributed by atoms with van der Waals surface area (Å²) in [6.07, 6.45) is 0.178. The number of fused-ring (bicyclic) bond motifs is 2. The molecule has 0 bridgehead atoms. The molecule has 0 radical (unpaired) electrons. The van der Waals surface area contributed by atoms with Crippen molar-refractivity contribution in [2.24, 2.45) is 0 Å². The number of nitrogens with zero attached hydrogens (tertiary/aromatic N) is 1. The van der Waals surface area contributed by atoms with Gasteiger partial charge in [0.1, 0.15) is 18.1 Å². The van der Waals surface area contributed by atoms with Gasteiger partial charge in [-0.25, -0.2) is 8.42 Å². The van der Waals surface area contributed by atoms with Crippen molar-refractivity contribution in [1.29, 1.82) is 0 Å². The van der Waals surface area contributed by atoms with Crippen molar-refractivity contribution in [3.8, 4) is 11.5 Å². The fraction of sp³-hybridized carbons (Fsp3) is 0.227. The SMILES string of the molecule is CS(=O)(=O)N1C[C@H](C(=O)NCCOc2ccc3ccccc3c2)Oc2ccccc21. The summed E-state index contributed by atoms with van der Waals surface area (Å²) < 4.78 is 36.9. The Hall–Kier alpha value is -3.26. The molecule has 30 heavy (non-hydrogen) atoms. The second kappa shape index (κ2) is 8.23. The Balaban J connectivity index is 1.35. The van der Waals surface area contributed by atoms with Crippen LogP contribution in [0.4, 0.5) is 5.69 Å². The Kier molecular flexibility index (Phi) is 5.50. The number of nitrogens with one attached hydrogen (secondary N) is 1. The van der Waals surface area contributed by atoms with Gasteiger partial charge in [0, 0.05) is 0 Å². The Bertz CT molecular complexity index is 1180. The molecule has 1 aliphatic heterocycles. The maximum Gasteiger partial charge on any atom is 0.263 e. The minimum absolute atomic E-state index is 0.0762. The van der Waals surface area contributed by atoms with E-state index >= 15 is 0 Å².